The highest BCUT2D eigenvalue weighted by Crippen LogP contribution is 2.28. The SMILES string of the molecule is CCOC(=O)C1=C(COC(=O)Cc2csc(N3CCCC3=O)n2)NC(=O)N[C@@H]1c1ccccc1. The smallest absolute Gasteiger partial charge is 0.338 e. The molecular weight excluding hydrogens is 460 g/mol. The third-order valence-corrected chi connectivity index (χ3v) is 6.24. The summed E-state index contributed by atoms with van der Waals surface area (Å²) in [6.07, 6.45) is 1.19. The van der Waals surface area contributed by atoms with Crippen molar-refractivity contribution in [1.29, 1.82) is 0 Å². The first-order chi connectivity index (χ1) is 16.5. The number of nitrogens with one attached hydrogen (secondary N) is 2. The number of aromatic nitrogens is 1. The molecule has 0 unspecified atom stereocenters. The van der Waals surface area contributed by atoms with Crippen LogP contribution in [-0.4, -0.2) is 48.6 Å². The van der Waals surface area contributed by atoms with E-state index in [0.29, 0.717) is 29.4 Å². The maximum atomic E-state index is 12.7. The maximum Gasteiger partial charge on any atom is 0.338 e. The van der Waals surface area contributed by atoms with Crippen molar-refractivity contribution in [3.8, 4) is 0 Å². The molecular formula is C23H24N4O6S. The number of anilines is 1. The molecule has 178 valence electrons. The van der Waals surface area contributed by atoms with Gasteiger partial charge in [0.05, 0.1) is 36.0 Å². The third kappa shape index (κ3) is 5.25. The lowest BCUT2D eigenvalue weighted by atomic mass is 9.95. The van der Waals surface area contributed by atoms with E-state index in [0.717, 1.165) is 6.42 Å². The van der Waals surface area contributed by atoms with Crippen molar-refractivity contribution in [3.63, 3.8) is 0 Å². The number of carbonyl (C=O) groups excluding carboxylic acids is 4. The molecule has 34 heavy (non-hydrogen) atoms. The van der Waals surface area contributed by atoms with Crippen LogP contribution in [0.25, 0.3) is 0 Å². The van der Waals surface area contributed by atoms with E-state index in [1.807, 2.05) is 6.07 Å². The summed E-state index contributed by atoms with van der Waals surface area (Å²) in [7, 11) is 0. The van der Waals surface area contributed by atoms with Crippen molar-refractivity contribution in [2.75, 3.05) is 24.7 Å². The molecule has 0 saturated carbocycles. The Morgan fingerprint density at radius 1 is 1.21 bits per heavy atom. The van der Waals surface area contributed by atoms with Crippen LogP contribution in [0.2, 0.25) is 0 Å². The summed E-state index contributed by atoms with van der Waals surface area (Å²) in [5.41, 5.74) is 1.51. The molecule has 0 aliphatic carbocycles. The number of rotatable bonds is 8. The molecule has 1 atom stereocenters. The fourth-order valence-electron chi connectivity index (χ4n) is 3.78. The van der Waals surface area contributed by atoms with E-state index < -0.39 is 24.0 Å². The van der Waals surface area contributed by atoms with Crippen LogP contribution in [0.3, 0.4) is 0 Å². The van der Waals surface area contributed by atoms with Gasteiger partial charge in [-0.25, -0.2) is 14.6 Å². The molecule has 2 aliphatic rings. The highest BCUT2D eigenvalue weighted by Gasteiger charge is 2.34. The van der Waals surface area contributed by atoms with Gasteiger partial charge in [-0.1, -0.05) is 30.3 Å². The monoisotopic (exact) mass is 484 g/mol. The van der Waals surface area contributed by atoms with Crippen molar-refractivity contribution in [1.82, 2.24) is 15.6 Å². The Bertz CT molecular complexity index is 1130. The second-order valence-corrected chi connectivity index (χ2v) is 8.50. The van der Waals surface area contributed by atoms with Crippen LogP contribution in [0.15, 0.2) is 47.0 Å². The lowest BCUT2D eigenvalue weighted by Gasteiger charge is -2.29. The number of benzene rings is 1. The number of ether oxygens (including phenoxy) is 2. The summed E-state index contributed by atoms with van der Waals surface area (Å²) < 4.78 is 10.6. The fraction of sp³-hybridized carbons (Fsp3) is 0.348. The molecule has 2 aromatic rings. The summed E-state index contributed by atoms with van der Waals surface area (Å²) in [6, 6.07) is 7.71. The van der Waals surface area contributed by atoms with Crippen molar-refractivity contribution >= 4 is 40.3 Å². The first-order valence-corrected chi connectivity index (χ1v) is 11.8. The Morgan fingerprint density at radius 2 is 2.00 bits per heavy atom. The number of nitrogens with zero attached hydrogens (tertiary/aromatic N) is 2. The topological polar surface area (TPSA) is 127 Å². The molecule has 2 N–H and O–H groups in total. The predicted molar refractivity (Wildman–Crippen MR) is 123 cm³/mol. The Hall–Kier alpha value is -3.73. The molecule has 0 bridgehead atoms. The normalized spacial score (nSPS) is 17.9. The zero-order valence-electron chi connectivity index (χ0n) is 18.5. The van der Waals surface area contributed by atoms with Gasteiger partial charge >= 0.3 is 18.0 Å². The van der Waals surface area contributed by atoms with Crippen molar-refractivity contribution in [2.45, 2.75) is 32.2 Å². The van der Waals surface area contributed by atoms with Gasteiger partial charge in [-0.3, -0.25) is 14.5 Å². The molecule has 0 spiro atoms. The number of thiazole rings is 1. The van der Waals surface area contributed by atoms with E-state index in [4.69, 9.17) is 9.47 Å². The van der Waals surface area contributed by atoms with Crippen LogP contribution in [0.1, 0.15) is 37.1 Å². The number of hydrogen-bond acceptors (Lipinski definition) is 8. The number of urea groups is 1. The lowest BCUT2D eigenvalue weighted by Crippen LogP contribution is -2.47. The van der Waals surface area contributed by atoms with Gasteiger partial charge in [0.15, 0.2) is 5.13 Å². The largest absolute Gasteiger partial charge is 0.463 e. The number of esters is 2. The molecule has 3 amide bonds. The first-order valence-electron chi connectivity index (χ1n) is 10.9. The summed E-state index contributed by atoms with van der Waals surface area (Å²) >= 11 is 1.30. The summed E-state index contributed by atoms with van der Waals surface area (Å²) in [5, 5.41) is 7.56. The minimum Gasteiger partial charge on any atom is -0.463 e. The van der Waals surface area contributed by atoms with E-state index >= 15 is 0 Å². The second kappa shape index (κ2) is 10.5. The van der Waals surface area contributed by atoms with Crippen molar-refractivity contribution < 1.29 is 28.7 Å². The highest BCUT2D eigenvalue weighted by atomic mass is 32.1. The molecule has 10 nitrogen and oxygen atoms in total. The second-order valence-electron chi connectivity index (χ2n) is 7.66. The van der Waals surface area contributed by atoms with Crippen LogP contribution < -0.4 is 15.5 Å². The quantitative estimate of drug-likeness (QED) is 0.550. The zero-order valence-corrected chi connectivity index (χ0v) is 19.4. The molecule has 1 fully saturated rings. The molecule has 2 aliphatic heterocycles. The van der Waals surface area contributed by atoms with Gasteiger partial charge in [0.2, 0.25) is 5.91 Å². The van der Waals surface area contributed by atoms with Gasteiger partial charge in [0, 0.05) is 18.3 Å². The van der Waals surface area contributed by atoms with E-state index in [1.54, 1.807) is 41.5 Å². The molecule has 0 radical (unpaired) electrons. The van der Waals surface area contributed by atoms with E-state index in [-0.39, 0.29) is 36.8 Å². The van der Waals surface area contributed by atoms with Gasteiger partial charge in [0.25, 0.3) is 0 Å². The van der Waals surface area contributed by atoms with Gasteiger partial charge < -0.3 is 20.1 Å². The minimum atomic E-state index is -0.748. The van der Waals surface area contributed by atoms with E-state index in [9.17, 15) is 19.2 Å². The Morgan fingerprint density at radius 3 is 2.71 bits per heavy atom. The molecule has 3 heterocycles. The predicted octanol–water partition coefficient (Wildman–Crippen LogP) is 2.23. The minimum absolute atomic E-state index is 0.0246. The highest BCUT2D eigenvalue weighted by molar-refractivity contribution is 7.14. The number of hydrogen-bond donors (Lipinski definition) is 2. The van der Waals surface area contributed by atoms with E-state index in [2.05, 4.69) is 15.6 Å². The molecule has 1 aromatic heterocycles. The standard InChI is InChI=1S/C23H24N4O6S/c1-2-32-21(30)19-16(25-22(31)26-20(19)14-7-4-3-5-8-14)12-33-18(29)11-15-13-34-23(24-15)27-10-6-9-17(27)28/h3-5,7-8,13,20H,2,6,9-12H2,1H3,(H2,25,26,31)/t20-/m1/s1. The molecule has 11 heteroatoms. The molecule has 4 rings (SSSR count). The lowest BCUT2D eigenvalue weighted by molar-refractivity contribution is -0.143. The van der Waals surface area contributed by atoms with Gasteiger partial charge in [0.1, 0.15) is 6.61 Å². The van der Waals surface area contributed by atoms with Gasteiger partial charge in [-0.2, -0.15) is 0 Å². The number of carbonyl (C=O) groups is 4. The first kappa shape index (κ1) is 23.4. The Labute approximate surface area is 199 Å². The summed E-state index contributed by atoms with van der Waals surface area (Å²) in [6.45, 7) is 2.14. The van der Waals surface area contributed by atoms with Crippen molar-refractivity contribution in [2.24, 2.45) is 0 Å². The zero-order chi connectivity index (χ0) is 24.1. The van der Waals surface area contributed by atoms with Gasteiger partial charge in [-0.05, 0) is 18.9 Å². The van der Waals surface area contributed by atoms with E-state index in [1.165, 1.54) is 11.3 Å². The van der Waals surface area contributed by atoms with Crippen LogP contribution in [-0.2, 0) is 30.3 Å². The molecule has 1 aromatic carbocycles. The average Bonchev–Trinajstić information content (AvgIpc) is 3.46. The number of amides is 3. The maximum absolute atomic E-state index is 12.7. The summed E-state index contributed by atoms with van der Waals surface area (Å²) in [4.78, 5) is 55.4. The average molecular weight is 485 g/mol. The van der Waals surface area contributed by atoms with Crippen LogP contribution in [0.5, 0.6) is 0 Å². The Balaban J connectivity index is 1.48. The summed E-state index contributed by atoms with van der Waals surface area (Å²) in [5.74, 6) is -1.17. The van der Waals surface area contributed by atoms with Crippen LogP contribution in [0.4, 0.5) is 9.93 Å². The van der Waals surface area contributed by atoms with Crippen molar-refractivity contribution in [3.05, 3.63) is 58.2 Å². The molecule has 1 saturated heterocycles. The van der Waals surface area contributed by atoms with Crippen LogP contribution in [0, 0.1) is 0 Å². The Kier molecular flexibility index (Phi) is 7.21. The van der Waals surface area contributed by atoms with Gasteiger partial charge in [-0.15, -0.1) is 11.3 Å². The fourth-order valence-corrected chi connectivity index (χ4v) is 4.65. The third-order valence-electron chi connectivity index (χ3n) is 5.33. The van der Waals surface area contributed by atoms with Crippen LogP contribution >= 0.6 is 11.3 Å².